The number of sulfonamides is 1. The van der Waals surface area contributed by atoms with E-state index in [1.807, 2.05) is 47.5 Å². The van der Waals surface area contributed by atoms with Gasteiger partial charge in [0.15, 0.2) is 0 Å². The van der Waals surface area contributed by atoms with E-state index in [4.69, 9.17) is 4.84 Å². The number of anilines is 4. The molecule has 0 radical (unpaired) electrons. The fourth-order valence-electron chi connectivity index (χ4n) is 4.79. The second-order valence-corrected chi connectivity index (χ2v) is 11.4. The first kappa shape index (κ1) is 24.9. The van der Waals surface area contributed by atoms with E-state index in [1.165, 1.54) is 9.87 Å². The minimum absolute atomic E-state index is 0.173. The summed E-state index contributed by atoms with van der Waals surface area (Å²) in [5.41, 5.74) is 5.20. The van der Waals surface area contributed by atoms with Crippen molar-refractivity contribution in [2.75, 3.05) is 33.6 Å². The second-order valence-electron chi connectivity index (χ2n) is 9.38. The fraction of sp³-hybridized carbons (Fsp3) is 0.200. The Hall–Kier alpha value is -4.39. The molecular weight excluding hydrogens is 510 g/mol. The fourth-order valence-corrected chi connectivity index (χ4v) is 6.36. The SMILES string of the molecule is O=S1(=O)CCCN1c1ccc(Nc2ncc(C#Cc3cccc(N4OCC[C@H]4c4ccccc4)c3)cn2)cc1. The van der Waals surface area contributed by atoms with Crippen LogP contribution < -0.4 is 14.7 Å². The van der Waals surface area contributed by atoms with E-state index in [1.54, 1.807) is 24.5 Å². The van der Waals surface area contributed by atoms with Gasteiger partial charge in [0.25, 0.3) is 0 Å². The first-order chi connectivity index (χ1) is 19.0. The van der Waals surface area contributed by atoms with Crippen LogP contribution in [0.2, 0.25) is 0 Å². The molecule has 2 aliphatic heterocycles. The number of nitrogens with one attached hydrogen (secondary N) is 1. The number of aromatic nitrogens is 2. The highest BCUT2D eigenvalue weighted by Gasteiger charge is 2.29. The Morgan fingerprint density at radius 2 is 1.64 bits per heavy atom. The van der Waals surface area contributed by atoms with Gasteiger partial charge in [0.05, 0.1) is 35.3 Å². The van der Waals surface area contributed by atoms with Gasteiger partial charge in [0.2, 0.25) is 16.0 Å². The zero-order chi connectivity index (χ0) is 26.7. The molecule has 0 saturated carbocycles. The summed E-state index contributed by atoms with van der Waals surface area (Å²) in [6, 6.07) is 25.8. The van der Waals surface area contributed by atoms with Crippen LogP contribution in [0.25, 0.3) is 0 Å². The van der Waals surface area contributed by atoms with E-state index in [0.717, 1.165) is 23.4 Å². The molecule has 0 aliphatic carbocycles. The summed E-state index contributed by atoms with van der Waals surface area (Å²) >= 11 is 0. The highest BCUT2D eigenvalue weighted by molar-refractivity contribution is 7.93. The molecule has 2 aliphatic rings. The summed E-state index contributed by atoms with van der Waals surface area (Å²) in [5, 5.41) is 5.11. The minimum Gasteiger partial charge on any atom is -0.324 e. The normalized spacial score (nSPS) is 18.0. The quantitative estimate of drug-likeness (QED) is 0.357. The molecule has 9 heteroatoms. The number of hydrogen-bond acceptors (Lipinski definition) is 7. The van der Waals surface area contributed by atoms with Crippen LogP contribution in [-0.4, -0.2) is 37.3 Å². The Labute approximate surface area is 228 Å². The van der Waals surface area contributed by atoms with Gasteiger partial charge in [0, 0.05) is 36.6 Å². The molecule has 1 atom stereocenters. The van der Waals surface area contributed by atoms with Gasteiger partial charge in [-0.2, -0.15) is 0 Å². The lowest BCUT2D eigenvalue weighted by Crippen LogP contribution is -2.24. The molecule has 0 bridgehead atoms. The molecule has 2 fully saturated rings. The number of nitrogens with zero attached hydrogens (tertiary/aromatic N) is 4. The molecule has 1 aromatic heterocycles. The van der Waals surface area contributed by atoms with Gasteiger partial charge in [-0.25, -0.2) is 23.4 Å². The van der Waals surface area contributed by atoms with E-state index in [0.29, 0.717) is 36.8 Å². The summed E-state index contributed by atoms with van der Waals surface area (Å²) in [7, 11) is -3.20. The van der Waals surface area contributed by atoms with Gasteiger partial charge in [0.1, 0.15) is 0 Å². The molecule has 1 N–H and O–H groups in total. The molecule has 3 aromatic carbocycles. The molecule has 3 heterocycles. The molecule has 0 unspecified atom stereocenters. The molecule has 2 saturated heterocycles. The lowest BCUT2D eigenvalue weighted by Gasteiger charge is -2.25. The maximum Gasteiger partial charge on any atom is 0.235 e. The molecule has 4 aromatic rings. The Morgan fingerprint density at radius 1 is 0.872 bits per heavy atom. The molecule has 39 heavy (non-hydrogen) atoms. The third kappa shape index (κ3) is 5.58. The first-order valence-electron chi connectivity index (χ1n) is 12.8. The standard InChI is InChI=1S/C30H27N5O3S/c36-39(37)19-5-17-34(39)27-14-12-26(13-15-27)33-30-31-21-24(22-32-30)11-10-23-6-4-9-28(20-23)35-29(16-18-38-35)25-7-2-1-3-8-25/h1-4,6-9,12-15,20-22,29H,5,16-19H2,(H,31,32,33)/t29-/m0/s1. The van der Waals surface area contributed by atoms with Gasteiger partial charge in [-0.05, 0) is 54.4 Å². The summed E-state index contributed by atoms with van der Waals surface area (Å²) in [5.74, 6) is 6.97. The van der Waals surface area contributed by atoms with Crippen molar-refractivity contribution in [3.8, 4) is 11.8 Å². The molecule has 196 valence electrons. The number of benzene rings is 3. The third-order valence-corrected chi connectivity index (χ3v) is 8.57. The minimum atomic E-state index is -3.20. The summed E-state index contributed by atoms with van der Waals surface area (Å²) in [6.07, 6.45) is 4.93. The van der Waals surface area contributed by atoms with Crippen molar-refractivity contribution in [1.29, 1.82) is 0 Å². The predicted octanol–water partition coefficient (Wildman–Crippen LogP) is 5.04. The summed E-state index contributed by atoms with van der Waals surface area (Å²) in [6.45, 7) is 1.20. The van der Waals surface area contributed by atoms with Crippen molar-refractivity contribution in [2.24, 2.45) is 0 Å². The lowest BCUT2D eigenvalue weighted by atomic mass is 10.0. The maximum absolute atomic E-state index is 12.1. The highest BCUT2D eigenvalue weighted by atomic mass is 32.2. The van der Waals surface area contributed by atoms with E-state index in [-0.39, 0.29) is 11.8 Å². The van der Waals surface area contributed by atoms with E-state index < -0.39 is 10.0 Å². The van der Waals surface area contributed by atoms with Crippen LogP contribution in [0.1, 0.15) is 35.6 Å². The summed E-state index contributed by atoms with van der Waals surface area (Å²) < 4.78 is 25.7. The Balaban J connectivity index is 1.11. The van der Waals surface area contributed by atoms with Crippen LogP contribution in [-0.2, 0) is 14.9 Å². The topological polar surface area (TPSA) is 87.7 Å². The van der Waals surface area contributed by atoms with Crippen LogP contribution in [0.5, 0.6) is 0 Å². The zero-order valence-electron chi connectivity index (χ0n) is 21.2. The summed E-state index contributed by atoms with van der Waals surface area (Å²) in [4.78, 5) is 14.7. The van der Waals surface area contributed by atoms with Crippen LogP contribution in [0.15, 0.2) is 91.3 Å². The Morgan fingerprint density at radius 3 is 2.38 bits per heavy atom. The van der Waals surface area contributed by atoms with Gasteiger partial charge in [-0.15, -0.1) is 0 Å². The Bertz CT molecular complexity index is 1620. The van der Waals surface area contributed by atoms with Gasteiger partial charge >= 0.3 is 0 Å². The van der Waals surface area contributed by atoms with Crippen molar-refractivity contribution >= 4 is 33.0 Å². The largest absolute Gasteiger partial charge is 0.324 e. The van der Waals surface area contributed by atoms with Crippen LogP contribution in [0.4, 0.5) is 23.0 Å². The van der Waals surface area contributed by atoms with E-state index in [2.05, 4.69) is 51.4 Å². The highest BCUT2D eigenvalue weighted by Crippen LogP contribution is 2.35. The van der Waals surface area contributed by atoms with Crippen molar-refractivity contribution in [1.82, 2.24) is 9.97 Å². The van der Waals surface area contributed by atoms with Crippen molar-refractivity contribution in [3.05, 3.63) is 108 Å². The van der Waals surface area contributed by atoms with Crippen molar-refractivity contribution < 1.29 is 13.3 Å². The molecule has 0 spiro atoms. The second kappa shape index (κ2) is 10.8. The van der Waals surface area contributed by atoms with Gasteiger partial charge < -0.3 is 5.32 Å². The first-order valence-corrected chi connectivity index (χ1v) is 14.4. The zero-order valence-corrected chi connectivity index (χ0v) is 22.0. The third-order valence-electron chi connectivity index (χ3n) is 6.70. The van der Waals surface area contributed by atoms with E-state index in [9.17, 15) is 8.42 Å². The van der Waals surface area contributed by atoms with Gasteiger partial charge in [-0.3, -0.25) is 9.14 Å². The Kier molecular flexibility index (Phi) is 6.88. The van der Waals surface area contributed by atoms with Crippen LogP contribution in [0, 0.1) is 11.8 Å². The smallest absolute Gasteiger partial charge is 0.235 e. The van der Waals surface area contributed by atoms with Gasteiger partial charge in [-0.1, -0.05) is 48.2 Å². The molecular formula is C30H27N5O3S. The maximum atomic E-state index is 12.1. The number of hydrogen-bond donors (Lipinski definition) is 1. The monoisotopic (exact) mass is 537 g/mol. The molecule has 8 nitrogen and oxygen atoms in total. The van der Waals surface area contributed by atoms with E-state index >= 15 is 0 Å². The molecule has 0 amide bonds. The predicted molar refractivity (Wildman–Crippen MR) is 152 cm³/mol. The van der Waals surface area contributed by atoms with Crippen molar-refractivity contribution in [2.45, 2.75) is 18.9 Å². The number of rotatable bonds is 5. The molecule has 6 rings (SSSR count). The van der Waals surface area contributed by atoms with Crippen LogP contribution >= 0.6 is 0 Å². The average molecular weight is 538 g/mol. The van der Waals surface area contributed by atoms with Crippen molar-refractivity contribution in [3.63, 3.8) is 0 Å². The van der Waals surface area contributed by atoms with Crippen LogP contribution in [0.3, 0.4) is 0 Å². The lowest BCUT2D eigenvalue weighted by molar-refractivity contribution is 0.159. The number of hydroxylamine groups is 1. The average Bonchev–Trinajstić information content (AvgIpc) is 3.60.